The lowest BCUT2D eigenvalue weighted by Crippen LogP contribution is -2.12. The van der Waals surface area contributed by atoms with Crippen molar-refractivity contribution in [2.24, 2.45) is 0 Å². The average Bonchev–Trinajstić information content (AvgIpc) is 2.17. The average molecular weight is 190 g/mol. The van der Waals surface area contributed by atoms with E-state index in [9.17, 15) is 0 Å². The Morgan fingerprint density at radius 2 is 2.07 bits per heavy atom. The molecule has 1 nitrogen and oxygen atoms in total. The van der Waals surface area contributed by atoms with Gasteiger partial charge in [-0.3, -0.25) is 0 Å². The molecule has 76 valence electrons. The first-order chi connectivity index (χ1) is 6.70. The van der Waals surface area contributed by atoms with Crippen LogP contribution < -0.4 is 4.74 Å². The maximum absolute atomic E-state index is 5.80. The normalized spacial score (nSPS) is 15.1. The number of benzene rings is 1. The molecule has 0 amide bonds. The summed E-state index contributed by atoms with van der Waals surface area (Å²) in [6.45, 7) is 7.53. The zero-order valence-electron chi connectivity index (χ0n) is 9.26. The molecule has 1 aromatic carbocycles. The molecule has 1 aliphatic heterocycles. The first-order valence-corrected chi connectivity index (χ1v) is 5.45. The van der Waals surface area contributed by atoms with Gasteiger partial charge in [0.25, 0.3) is 0 Å². The van der Waals surface area contributed by atoms with Gasteiger partial charge in [0.05, 0.1) is 6.61 Å². The first-order valence-electron chi connectivity index (χ1n) is 5.45. The Bertz CT molecular complexity index is 339. The van der Waals surface area contributed by atoms with Gasteiger partial charge >= 0.3 is 0 Å². The van der Waals surface area contributed by atoms with Gasteiger partial charge in [0.15, 0.2) is 0 Å². The van der Waals surface area contributed by atoms with E-state index in [1.165, 1.54) is 28.9 Å². The lowest BCUT2D eigenvalue weighted by molar-refractivity contribution is 0.284. The van der Waals surface area contributed by atoms with Crippen molar-refractivity contribution in [2.45, 2.75) is 39.5 Å². The minimum absolute atomic E-state index is 0.558. The second kappa shape index (κ2) is 3.64. The van der Waals surface area contributed by atoms with Crippen molar-refractivity contribution in [2.75, 3.05) is 6.61 Å². The molecule has 0 bridgehead atoms. The van der Waals surface area contributed by atoms with Gasteiger partial charge < -0.3 is 4.74 Å². The van der Waals surface area contributed by atoms with Crippen molar-refractivity contribution < 1.29 is 4.74 Å². The molecule has 1 heterocycles. The molecule has 0 spiro atoms. The number of hydrogen-bond donors (Lipinski definition) is 0. The van der Waals surface area contributed by atoms with E-state index in [1.54, 1.807) is 0 Å². The minimum atomic E-state index is 0.558. The van der Waals surface area contributed by atoms with Gasteiger partial charge in [0, 0.05) is 0 Å². The summed E-state index contributed by atoms with van der Waals surface area (Å²) in [6.07, 6.45) is 2.34. The molecule has 0 aliphatic carbocycles. The summed E-state index contributed by atoms with van der Waals surface area (Å²) in [4.78, 5) is 0. The Morgan fingerprint density at radius 1 is 1.29 bits per heavy atom. The molecular weight excluding hydrogens is 172 g/mol. The highest BCUT2D eigenvalue weighted by molar-refractivity contribution is 5.48. The van der Waals surface area contributed by atoms with Crippen molar-refractivity contribution in [1.29, 1.82) is 0 Å². The lowest BCUT2D eigenvalue weighted by Gasteiger charge is -2.23. The second-order valence-corrected chi connectivity index (χ2v) is 4.39. The summed E-state index contributed by atoms with van der Waals surface area (Å²) in [7, 11) is 0. The van der Waals surface area contributed by atoms with Gasteiger partial charge in [-0.1, -0.05) is 26.0 Å². The molecular formula is C13H18O. The van der Waals surface area contributed by atoms with Crippen LogP contribution in [0.15, 0.2) is 12.1 Å². The molecule has 1 heteroatoms. The van der Waals surface area contributed by atoms with Crippen LogP contribution in [0.3, 0.4) is 0 Å². The molecule has 0 atom stereocenters. The van der Waals surface area contributed by atoms with Crippen LogP contribution >= 0.6 is 0 Å². The van der Waals surface area contributed by atoms with Gasteiger partial charge in [0.1, 0.15) is 5.75 Å². The topological polar surface area (TPSA) is 9.23 Å². The third-order valence-electron chi connectivity index (χ3n) is 2.91. The summed E-state index contributed by atoms with van der Waals surface area (Å²) in [5.74, 6) is 1.73. The standard InChI is InChI=1S/C13H18O/c1-9(2)12-10(3)6-7-11-5-4-8-14-13(11)12/h6-7,9H,4-5,8H2,1-3H3. The maximum Gasteiger partial charge on any atom is 0.126 e. The fourth-order valence-electron chi connectivity index (χ4n) is 2.26. The number of rotatable bonds is 1. The van der Waals surface area contributed by atoms with Crippen LogP contribution in [0.4, 0.5) is 0 Å². The van der Waals surface area contributed by atoms with Gasteiger partial charge in [0.2, 0.25) is 0 Å². The van der Waals surface area contributed by atoms with Crippen LogP contribution in [0.25, 0.3) is 0 Å². The predicted molar refractivity (Wildman–Crippen MR) is 59.1 cm³/mol. The molecule has 14 heavy (non-hydrogen) atoms. The van der Waals surface area contributed by atoms with E-state index in [0.717, 1.165) is 13.0 Å². The van der Waals surface area contributed by atoms with Gasteiger partial charge in [-0.25, -0.2) is 0 Å². The molecule has 0 radical (unpaired) electrons. The van der Waals surface area contributed by atoms with E-state index in [4.69, 9.17) is 4.74 Å². The summed E-state index contributed by atoms with van der Waals surface area (Å²) < 4.78 is 5.80. The van der Waals surface area contributed by atoms with Gasteiger partial charge in [-0.2, -0.15) is 0 Å². The van der Waals surface area contributed by atoms with E-state index < -0.39 is 0 Å². The smallest absolute Gasteiger partial charge is 0.126 e. The number of aryl methyl sites for hydroxylation is 2. The van der Waals surface area contributed by atoms with Crippen molar-refractivity contribution in [3.63, 3.8) is 0 Å². The second-order valence-electron chi connectivity index (χ2n) is 4.39. The Labute approximate surface area is 86.1 Å². The van der Waals surface area contributed by atoms with Crippen molar-refractivity contribution >= 4 is 0 Å². The van der Waals surface area contributed by atoms with E-state index >= 15 is 0 Å². The highest BCUT2D eigenvalue weighted by Crippen LogP contribution is 2.35. The van der Waals surface area contributed by atoms with E-state index in [-0.39, 0.29) is 0 Å². The Hall–Kier alpha value is -0.980. The third-order valence-corrected chi connectivity index (χ3v) is 2.91. The fourth-order valence-corrected chi connectivity index (χ4v) is 2.26. The first kappa shape index (κ1) is 9.57. The largest absolute Gasteiger partial charge is 0.493 e. The van der Waals surface area contributed by atoms with Crippen LogP contribution in [0, 0.1) is 6.92 Å². The van der Waals surface area contributed by atoms with Gasteiger partial charge in [-0.15, -0.1) is 0 Å². The lowest BCUT2D eigenvalue weighted by atomic mass is 9.92. The molecule has 0 N–H and O–H groups in total. The zero-order chi connectivity index (χ0) is 10.1. The van der Waals surface area contributed by atoms with Crippen LogP contribution in [-0.2, 0) is 6.42 Å². The quantitative estimate of drug-likeness (QED) is 0.659. The predicted octanol–water partition coefficient (Wildman–Crippen LogP) is 3.44. The number of hydrogen-bond acceptors (Lipinski definition) is 1. The molecule has 2 rings (SSSR count). The molecule has 0 saturated carbocycles. The molecule has 1 aliphatic rings. The maximum atomic E-state index is 5.80. The SMILES string of the molecule is Cc1ccc2c(c1C(C)C)OCCC2. The third kappa shape index (κ3) is 1.52. The molecule has 0 saturated heterocycles. The van der Waals surface area contributed by atoms with Crippen molar-refractivity contribution in [3.8, 4) is 5.75 Å². The Kier molecular flexibility index (Phi) is 2.49. The van der Waals surface area contributed by atoms with E-state index in [2.05, 4.69) is 32.9 Å². The number of fused-ring (bicyclic) bond motifs is 1. The highest BCUT2D eigenvalue weighted by Gasteiger charge is 2.17. The Balaban J connectivity index is 2.55. The molecule has 0 fully saturated rings. The van der Waals surface area contributed by atoms with Crippen LogP contribution in [0.2, 0.25) is 0 Å². The van der Waals surface area contributed by atoms with E-state index in [1.807, 2.05) is 0 Å². The van der Waals surface area contributed by atoms with Crippen LogP contribution in [0.5, 0.6) is 5.75 Å². The summed E-state index contributed by atoms with van der Waals surface area (Å²) in [6, 6.07) is 4.44. The van der Waals surface area contributed by atoms with Gasteiger partial charge in [-0.05, 0) is 42.4 Å². The van der Waals surface area contributed by atoms with Crippen LogP contribution in [0.1, 0.15) is 42.9 Å². The van der Waals surface area contributed by atoms with Crippen molar-refractivity contribution in [3.05, 3.63) is 28.8 Å². The monoisotopic (exact) mass is 190 g/mol. The zero-order valence-corrected chi connectivity index (χ0v) is 9.26. The summed E-state index contributed by atoms with van der Waals surface area (Å²) >= 11 is 0. The number of ether oxygens (including phenoxy) is 1. The van der Waals surface area contributed by atoms with E-state index in [0.29, 0.717) is 5.92 Å². The highest BCUT2D eigenvalue weighted by atomic mass is 16.5. The molecule has 0 aromatic heterocycles. The Morgan fingerprint density at radius 3 is 2.79 bits per heavy atom. The minimum Gasteiger partial charge on any atom is -0.493 e. The summed E-state index contributed by atoms with van der Waals surface area (Å²) in [5.41, 5.74) is 4.16. The fraction of sp³-hybridized carbons (Fsp3) is 0.538. The van der Waals surface area contributed by atoms with Crippen molar-refractivity contribution in [1.82, 2.24) is 0 Å². The molecule has 0 unspecified atom stereocenters. The summed E-state index contributed by atoms with van der Waals surface area (Å²) in [5, 5.41) is 0. The van der Waals surface area contributed by atoms with Crippen LogP contribution in [-0.4, -0.2) is 6.61 Å². The molecule has 1 aromatic rings.